The van der Waals surface area contributed by atoms with Crippen LogP contribution in [0.4, 0.5) is 5.82 Å². The molecule has 0 aliphatic carbocycles. The number of fused-ring (bicyclic) bond motifs is 1. The molecule has 27 heavy (non-hydrogen) atoms. The van der Waals surface area contributed by atoms with Crippen molar-refractivity contribution in [1.29, 1.82) is 5.26 Å². The lowest BCUT2D eigenvalue weighted by atomic mass is 10.1. The van der Waals surface area contributed by atoms with Crippen molar-refractivity contribution in [3.8, 4) is 6.07 Å². The van der Waals surface area contributed by atoms with Crippen LogP contribution in [0.2, 0.25) is 0 Å². The normalized spacial score (nSPS) is 10.8. The standard InChI is InChI=1S/C18H18N6O2S/c1-2-3-7-27-18-22-14(20)13-15(23-18)24(17(26)16(25)21-13)10-12-6-4-5-11(8-12)9-19/h4-6,8H,2-3,7,10H2,1H3,(H,21,25)(H2,20,22,23). The zero-order chi connectivity index (χ0) is 19.4. The summed E-state index contributed by atoms with van der Waals surface area (Å²) in [4.78, 5) is 35.7. The molecule has 0 aliphatic rings. The lowest BCUT2D eigenvalue weighted by Crippen LogP contribution is -2.37. The van der Waals surface area contributed by atoms with Gasteiger partial charge >= 0.3 is 11.1 Å². The summed E-state index contributed by atoms with van der Waals surface area (Å²) in [6.45, 7) is 2.19. The van der Waals surface area contributed by atoms with E-state index >= 15 is 0 Å². The van der Waals surface area contributed by atoms with Crippen molar-refractivity contribution in [2.45, 2.75) is 31.5 Å². The average Bonchev–Trinajstić information content (AvgIpc) is 2.67. The minimum Gasteiger partial charge on any atom is -0.382 e. The second-order valence-electron chi connectivity index (χ2n) is 5.95. The molecule has 0 radical (unpaired) electrons. The highest BCUT2D eigenvalue weighted by atomic mass is 32.2. The Morgan fingerprint density at radius 3 is 2.89 bits per heavy atom. The van der Waals surface area contributed by atoms with Gasteiger partial charge in [-0.1, -0.05) is 37.2 Å². The first kappa shape index (κ1) is 18.7. The van der Waals surface area contributed by atoms with E-state index in [0.29, 0.717) is 16.3 Å². The Balaban J connectivity index is 2.14. The van der Waals surface area contributed by atoms with Gasteiger partial charge in [-0.05, 0) is 24.1 Å². The molecule has 0 saturated heterocycles. The van der Waals surface area contributed by atoms with Crippen molar-refractivity contribution in [2.75, 3.05) is 11.5 Å². The molecule has 2 aromatic heterocycles. The number of nitriles is 1. The van der Waals surface area contributed by atoms with E-state index in [1.807, 2.05) is 0 Å². The van der Waals surface area contributed by atoms with Crippen molar-refractivity contribution >= 4 is 28.7 Å². The Kier molecular flexibility index (Phi) is 5.57. The van der Waals surface area contributed by atoms with Crippen LogP contribution >= 0.6 is 11.8 Å². The van der Waals surface area contributed by atoms with Crippen LogP contribution in [0, 0.1) is 11.3 Å². The van der Waals surface area contributed by atoms with Gasteiger partial charge in [0.25, 0.3) is 0 Å². The maximum Gasteiger partial charge on any atom is 0.318 e. The van der Waals surface area contributed by atoms with Crippen LogP contribution in [0.5, 0.6) is 0 Å². The Morgan fingerprint density at radius 2 is 2.15 bits per heavy atom. The number of nitrogens with zero attached hydrogens (tertiary/aromatic N) is 4. The second-order valence-corrected chi connectivity index (χ2v) is 7.01. The number of aromatic amines is 1. The Bertz CT molecular complexity index is 1150. The predicted molar refractivity (Wildman–Crippen MR) is 105 cm³/mol. The molecule has 0 saturated carbocycles. The number of thioether (sulfide) groups is 1. The molecular formula is C18H18N6O2S. The van der Waals surface area contributed by atoms with Gasteiger partial charge in [0, 0.05) is 5.75 Å². The van der Waals surface area contributed by atoms with Gasteiger partial charge in [0.2, 0.25) is 0 Å². The highest BCUT2D eigenvalue weighted by molar-refractivity contribution is 7.99. The molecule has 0 bridgehead atoms. The zero-order valence-electron chi connectivity index (χ0n) is 14.7. The van der Waals surface area contributed by atoms with E-state index in [0.717, 1.165) is 18.6 Å². The third-order valence-electron chi connectivity index (χ3n) is 3.96. The molecule has 8 nitrogen and oxygen atoms in total. The van der Waals surface area contributed by atoms with Crippen LogP contribution in [0.3, 0.4) is 0 Å². The van der Waals surface area contributed by atoms with Crippen molar-refractivity contribution < 1.29 is 0 Å². The zero-order valence-corrected chi connectivity index (χ0v) is 15.5. The lowest BCUT2D eigenvalue weighted by molar-refractivity contribution is 0.754. The molecule has 2 heterocycles. The number of aromatic nitrogens is 4. The molecule has 0 aliphatic heterocycles. The fourth-order valence-corrected chi connectivity index (χ4v) is 3.52. The SMILES string of the molecule is CCCCSc1nc(N)c2[nH]c(=O)c(=O)n(Cc3cccc(C#N)c3)c2n1. The third-order valence-corrected chi connectivity index (χ3v) is 4.89. The van der Waals surface area contributed by atoms with Gasteiger partial charge in [0.05, 0.1) is 18.2 Å². The fraction of sp³-hybridized carbons (Fsp3) is 0.278. The van der Waals surface area contributed by atoms with Crippen LogP contribution in [-0.4, -0.2) is 25.3 Å². The summed E-state index contributed by atoms with van der Waals surface area (Å²) in [7, 11) is 0. The van der Waals surface area contributed by atoms with Gasteiger partial charge < -0.3 is 10.7 Å². The number of unbranched alkanes of at least 4 members (excludes halogenated alkanes) is 1. The Morgan fingerprint density at radius 1 is 1.33 bits per heavy atom. The molecule has 0 atom stereocenters. The average molecular weight is 382 g/mol. The van der Waals surface area contributed by atoms with Crippen LogP contribution in [0.25, 0.3) is 11.2 Å². The van der Waals surface area contributed by atoms with E-state index in [9.17, 15) is 9.59 Å². The summed E-state index contributed by atoms with van der Waals surface area (Å²) in [5.74, 6) is 0.954. The van der Waals surface area contributed by atoms with Gasteiger partial charge in [-0.15, -0.1) is 0 Å². The van der Waals surface area contributed by atoms with Crippen molar-refractivity contribution in [3.63, 3.8) is 0 Å². The highest BCUT2D eigenvalue weighted by Crippen LogP contribution is 2.21. The van der Waals surface area contributed by atoms with E-state index in [-0.39, 0.29) is 23.5 Å². The van der Waals surface area contributed by atoms with Gasteiger partial charge in [0.15, 0.2) is 16.6 Å². The highest BCUT2D eigenvalue weighted by Gasteiger charge is 2.14. The minimum absolute atomic E-state index is 0.101. The smallest absolute Gasteiger partial charge is 0.318 e. The summed E-state index contributed by atoms with van der Waals surface area (Å²) >= 11 is 1.45. The Labute approximate surface area is 159 Å². The second kappa shape index (κ2) is 8.05. The molecule has 3 rings (SSSR count). The van der Waals surface area contributed by atoms with E-state index in [4.69, 9.17) is 11.0 Å². The molecular weight excluding hydrogens is 364 g/mol. The molecule has 0 unspecified atom stereocenters. The van der Waals surface area contributed by atoms with E-state index in [1.54, 1.807) is 24.3 Å². The van der Waals surface area contributed by atoms with Crippen molar-refractivity contribution in [3.05, 3.63) is 56.1 Å². The number of hydrogen-bond acceptors (Lipinski definition) is 7. The number of nitrogen functional groups attached to an aromatic ring is 1. The van der Waals surface area contributed by atoms with Crippen molar-refractivity contribution in [1.82, 2.24) is 19.5 Å². The van der Waals surface area contributed by atoms with Gasteiger partial charge in [-0.3, -0.25) is 14.2 Å². The van der Waals surface area contributed by atoms with E-state index in [2.05, 4.69) is 27.9 Å². The molecule has 1 aromatic carbocycles. The summed E-state index contributed by atoms with van der Waals surface area (Å²) < 4.78 is 1.27. The lowest BCUT2D eigenvalue weighted by Gasteiger charge is -2.11. The van der Waals surface area contributed by atoms with E-state index in [1.165, 1.54) is 16.3 Å². The largest absolute Gasteiger partial charge is 0.382 e. The molecule has 3 aromatic rings. The summed E-state index contributed by atoms with van der Waals surface area (Å²) in [6, 6.07) is 8.90. The number of benzene rings is 1. The number of anilines is 1. The third kappa shape index (κ3) is 4.01. The summed E-state index contributed by atoms with van der Waals surface area (Å²) in [5.41, 5.74) is 6.16. The first-order valence-corrected chi connectivity index (χ1v) is 9.44. The number of H-pyrrole nitrogens is 1. The van der Waals surface area contributed by atoms with E-state index < -0.39 is 11.1 Å². The molecule has 9 heteroatoms. The van der Waals surface area contributed by atoms with Gasteiger partial charge in [-0.2, -0.15) is 5.26 Å². The summed E-state index contributed by atoms with van der Waals surface area (Å²) in [5, 5.41) is 9.52. The maximum atomic E-state index is 12.5. The van der Waals surface area contributed by atoms with Crippen LogP contribution < -0.4 is 16.9 Å². The van der Waals surface area contributed by atoms with Crippen LogP contribution in [0.15, 0.2) is 39.0 Å². The maximum absolute atomic E-state index is 12.5. The number of rotatable bonds is 6. The van der Waals surface area contributed by atoms with Gasteiger partial charge in [0.1, 0.15) is 5.52 Å². The van der Waals surface area contributed by atoms with Crippen LogP contribution in [-0.2, 0) is 6.54 Å². The Hall–Kier alpha value is -3.12. The number of nitrogens with one attached hydrogen (secondary N) is 1. The quantitative estimate of drug-likeness (QED) is 0.288. The predicted octanol–water partition coefficient (Wildman–Crippen LogP) is 1.87. The first-order chi connectivity index (χ1) is 13.0. The first-order valence-electron chi connectivity index (χ1n) is 8.45. The molecule has 0 amide bonds. The van der Waals surface area contributed by atoms with Crippen LogP contribution in [0.1, 0.15) is 30.9 Å². The van der Waals surface area contributed by atoms with Gasteiger partial charge in [-0.25, -0.2) is 9.97 Å². The monoisotopic (exact) mass is 382 g/mol. The molecule has 0 spiro atoms. The molecule has 3 N–H and O–H groups in total. The number of hydrogen-bond donors (Lipinski definition) is 2. The minimum atomic E-state index is -0.791. The molecule has 0 fully saturated rings. The molecule has 138 valence electrons. The number of nitrogens with two attached hydrogens (primary N) is 1. The topological polar surface area (TPSA) is 130 Å². The van der Waals surface area contributed by atoms with Crippen molar-refractivity contribution in [2.24, 2.45) is 0 Å². The fourth-order valence-electron chi connectivity index (χ4n) is 2.59. The summed E-state index contributed by atoms with van der Waals surface area (Å²) in [6.07, 6.45) is 2.05.